The molecule has 0 spiro atoms. The SMILES string of the molecule is CC(C)N(CCCCl)C(=O)C1Cc2ccccc2S1. The van der Waals surface area contributed by atoms with E-state index in [1.165, 1.54) is 10.5 Å². The molecule has 1 heterocycles. The topological polar surface area (TPSA) is 20.3 Å². The van der Waals surface area contributed by atoms with Crippen LogP contribution in [0.4, 0.5) is 0 Å². The van der Waals surface area contributed by atoms with Gasteiger partial charge < -0.3 is 4.90 Å². The van der Waals surface area contributed by atoms with E-state index < -0.39 is 0 Å². The zero-order valence-electron chi connectivity index (χ0n) is 11.4. The van der Waals surface area contributed by atoms with Gasteiger partial charge in [0.25, 0.3) is 0 Å². The third kappa shape index (κ3) is 3.46. The second-order valence-electron chi connectivity index (χ2n) is 5.09. The number of benzene rings is 1. The van der Waals surface area contributed by atoms with Gasteiger partial charge in [-0.3, -0.25) is 4.79 Å². The van der Waals surface area contributed by atoms with Crippen molar-refractivity contribution in [2.24, 2.45) is 0 Å². The lowest BCUT2D eigenvalue weighted by Gasteiger charge is -2.28. The zero-order chi connectivity index (χ0) is 13.8. The number of carbonyl (C=O) groups excluding carboxylic acids is 1. The molecule has 0 N–H and O–H groups in total. The number of hydrogen-bond acceptors (Lipinski definition) is 2. The van der Waals surface area contributed by atoms with E-state index in [2.05, 4.69) is 26.0 Å². The summed E-state index contributed by atoms with van der Waals surface area (Å²) in [6.45, 7) is 4.89. The summed E-state index contributed by atoms with van der Waals surface area (Å²) in [5.41, 5.74) is 1.30. The van der Waals surface area contributed by atoms with Crippen LogP contribution in [-0.4, -0.2) is 34.5 Å². The number of nitrogens with zero attached hydrogens (tertiary/aromatic N) is 1. The van der Waals surface area contributed by atoms with Gasteiger partial charge >= 0.3 is 0 Å². The molecular formula is C15H20ClNOS. The van der Waals surface area contributed by atoms with Crippen molar-refractivity contribution in [2.45, 2.75) is 42.9 Å². The highest BCUT2D eigenvalue weighted by Crippen LogP contribution is 2.37. The maximum absolute atomic E-state index is 12.6. The first-order valence-corrected chi connectivity index (χ1v) is 8.16. The van der Waals surface area contributed by atoms with Crippen molar-refractivity contribution in [1.82, 2.24) is 4.90 Å². The van der Waals surface area contributed by atoms with Gasteiger partial charge in [-0.05, 0) is 38.3 Å². The first-order valence-electron chi connectivity index (χ1n) is 6.74. The average Bonchev–Trinajstić information content (AvgIpc) is 2.82. The molecule has 1 unspecified atom stereocenters. The summed E-state index contributed by atoms with van der Waals surface area (Å²) in [6.07, 6.45) is 1.71. The smallest absolute Gasteiger partial charge is 0.236 e. The van der Waals surface area contributed by atoms with Crippen molar-refractivity contribution in [3.05, 3.63) is 29.8 Å². The minimum atomic E-state index is 0.0372. The Kier molecular flexibility index (Phi) is 5.17. The van der Waals surface area contributed by atoms with Crippen molar-refractivity contribution < 1.29 is 4.79 Å². The number of halogens is 1. The van der Waals surface area contributed by atoms with Gasteiger partial charge in [0.15, 0.2) is 0 Å². The number of thioether (sulfide) groups is 1. The highest BCUT2D eigenvalue weighted by Gasteiger charge is 2.31. The lowest BCUT2D eigenvalue weighted by Crippen LogP contribution is -2.42. The van der Waals surface area contributed by atoms with Crippen molar-refractivity contribution >= 4 is 29.3 Å². The number of hydrogen-bond donors (Lipinski definition) is 0. The van der Waals surface area contributed by atoms with Crippen molar-refractivity contribution in [3.63, 3.8) is 0 Å². The first-order chi connectivity index (χ1) is 9.13. The predicted octanol–water partition coefficient (Wildman–Crippen LogP) is 3.57. The summed E-state index contributed by atoms with van der Waals surface area (Å²) in [7, 11) is 0. The van der Waals surface area contributed by atoms with E-state index in [0.717, 1.165) is 19.4 Å². The zero-order valence-corrected chi connectivity index (χ0v) is 13.0. The van der Waals surface area contributed by atoms with Gasteiger partial charge in [0.2, 0.25) is 5.91 Å². The highest BCUT2D eigenvalue weighted by molar-refractivity contribution is 8.01. The minimum absolute atomic E-state index is 0.0372. The minimum Gasteiger partial charge on any atom is -0.339 e. The molecule has 2 nitrogen and oxygen atoms in total. The van der Waals surface area contributed by atoms with Gasteiger partial charge in [-0.15, -0.1) is 23.4 Å². The van der Waals surface area contributed by atoms with Crippen LogP contribution < -0.4 is 0 Å². The van der Waals surface area contributed by atoms with E-state index in [1.54, 1.807) is 11.8 Å². The lowest BCUT2D eigenvalue weighted by molar-refractivity contribution is -0.132. The third-order valence-electron chi connectivity index (χ3n) is 3.36. The Morgan fingerprint density at radius 1 is 1.47 bits per heavy atom. The Balaban J connectivity index is 2.04. The van der Waals surface area contributed by atoms with Crippen LogP contribution >= 0.6 is 23.4 Å². The number of fused-ring (bicyclic) bond motifs is 1. The van der Waals surface area contributed by atoms with Gasteiger partial charge in [0.1, 0.15) is 0 Å². The van der Waals surface area contributed by atoms with E-state index in [0.29, 0.717) is 5.88 Å². The fourth-order valence-corrected chi connectivity index (χ4v) is 3.74. The monoisotopic (exact) mass is 297 g/mol. The van der Waals surface area contributed by atoms with Crippen LogP contribution in [0.3, 0.4) is 0 Å². The molecule has 0 aliphatic carbocycles. The number of rotatable bonds is 5. The van der Waals surface area contributed by atoms with Crippen LogP contribution in [0.2, 0.25) is 0 Å². The van der Waals surface area contributed by atoms with Crippen LogP contribution in [0.5, 0.6) is 0 Å². The summed E-state index contributed by atoms with van der Waals surface area (Å²) in [5, 5.41) is 0.0372. The van der Waals surface area contributed by atoms with Gasteiger partial charge in [-0.1, -0.05) is 18.2 Å². The summed E-state index contributed by atoms with van der Waals surface area (Å²) in [4.78, 5) is 15.8. The van der Waals surface area contributed by atoms with Crippen molar-refractivity contribution in [2.75, 3.05) is 12.4 Å². The number of amides is 1. The molecule has 104 valence electrons. The standard InChI is InChI=1S/C15H20ClNOS/c1-11(2)17(9-5-8-16)15(18)14-10-12-6-3-4-7-13(12)19-14/h3-4,6-7,11,14H,5,8-10H2,1-2H3. The third-order valence-corrected chi connectivity index (χ3v) is 4.93. The molecule has 0 bridgehead atoms. The maximum atomic E-state index is 12.6. The number of alkyl halides is 1. The molecule has 19 heavy (non-hydrogen) atoms. The summed E-state index contributed by atoms with van der Waals surface area (Å²) < 4.78 is 0. The Hall–Kier alpha value is -0.670. The van der Waals surface area contributed by atoms with Gasteiger partial charge in [-0.2, -0.15) is 0 Å². The molecule has 0 fully saturated rings. The lowest BCUT2D eigenvalue weighted by atomic mass is 10.1. The molecule has 0 aromatic heterocycles. The van der Waals surface area contributed by atoms with Crippen LogP contribution in [0.25, 0.3) is 0 Å². The van der Waals surface area contributed by atoms with E-state index in [1.807, 2.05) is 17.0 Å². The van der Waals surface area contributed by atoms with Crippen LogP contribution in [0.1, 0.15) is 25.8 Å². The molecule has 2 rings (SSSR count). The normalized spacial score (nSPS) is 17.6. The molecule has 1 aromatic carbocycles. The van der Waals surface area contributed by atoms with Crippen LogP contribution in [-0.2, 0) is 11.2 Å². The Labute approximate surface area is 124 Å². The second-order valence-corrected chi connectivity index (χ2v) is 6.71. The van der Waals surface area contributed by atoms with Crippen molar-refractivity contribution in [1.29, 1.82) is 0 Å². The summed E-state index contributed by atoms with van der Waals surface area (Å²) in [6, 6.07) is 8.53. The molecule has 1 aromatic rings. The molecule has 1 amide bonds. The summed E-state index contributed by atoms with van der Waals surface area (Å²) >= 11 is 7.44. The quantitative estimate of drug-likeness (QED) is 0.775. The van der Waals surface area contributed by atoms with Crippen LogP contribution in [0.15, 0.2) is 29.2 Å². The first kappa shape index (κ1) is 14.7. The molecule has 0 radical (unpaired) electrons. The molecule has 0 saturated carbocycles. The molecule has 4 heteroatoms. The second kappa shape index (κ2) is 6.67. The van der Waals surface area contributed by atoms with Gasteiger partial charge in [0.05, 0.1) is 5.25 Å². The van der Waals surface area contributed by atoms with Crippen molar-refractivity contribution in [3.8, 4) is 0 Å². The molecule has 1 aliphatic heterocycles. The van der Waals surface area contributed by atoms with E-state index in [-0.39, 0.29) is 17.2 Å². The molecule has 1 atom stereocenters. The molecular weight excluding hydrogens is 278 g/mol. The molecule has 1 aliphatic rings. The largest absolute Gasteiger partial charge is 0.339 e. The van der Waals surface area contributed by atoms with Crippen LogP contribution in [0, 0.1) is 0 Å². The average molecular weight is 298 g/mol. The fraction of sp³-hybridized carbons (Fsp3) is 0.533. The van der Waals surface area contributed by atoms with Gasteiger partial charge in [0, 0.05) is 23.4 Å². The summed E-state index contributed by atoms with van der Waals surface area (Å²) in [5.74, 6) is 0.857. The predicted molar refractivity (Wildman–Crippen MR) is 82.0 cm³/mol. The maximum Gasteiger partial charge on any atom is 0.236 e. The Morgan fingerprint density at radius 2 is 2.21 bits per heavy atom. The van der Waals surface area contributed by atoms with Gasteiger partial charge in [-0.25, -0.2) is 0 Å². The number of carbonyl (C=O) groups is 1. The van der Waals surface area contributed by atoms with E-state index in [9.17, 15) is 4.79 Å². The fourth-order valence-electron chi connectivity index (χ4n) is 2.36. The van der Waals surface area contributed by atoms with E-state index >= 15 is 0 Å². The Bertz CT molecular complexity index is 425. The highest BCUT2D eigenvalue weighted by atomic mass is 35.5. The van der Waals surface area contributed by atoms with E-state index in [4.69, 9.17) is 11.6 Å². The Morgan fingerprint density at radius 3 is 2.84 bits per heavy atom. The molecule has 0 saturated heterocycles.